The lowest BCUT2D eigenvalue weighted by Gasteiger charge is -2.16. The number of carbonyl (C=O) groups excluding carboxylic acids is 1. The summed E-state index contributed by atoms with van der Waals surface area (Å²) in [6.07, 6.45) is 1.43. The average Bonchev–Trinajstić information content (AvgIpc) is 2.67. The highest BCUT2D eigenvalue weighted by molar-refractivity contribution is 9.12. The van der Waals surface area contributed by atoms with Crippen LogP contribution in [0, 0.1) is 0 Å². The van der Waals surface area contributed by atoms with Crippen molar-refractivity contribution in [2.45, 2.75) is 25.8 Å². The number of rotatable bonds is 5. The first-order valence-corrected chi connectivity index (χ1v) is 7.63. The third kappa shape index (κ3) is 3.96. The molecule has 1 unspecified atom stereocenters. The molecule has 0 aliphatic rings. The van der Waals surface area contributed by atoms with Crippen LogP contribution in [0.1, 0.15) is 30.1 Å². The molecule has 0 saturated carbocycles. The molecule has 0 aromatic carbocycles. The fraction of sp³-hybridized carbons (Fsp3) is 0.400. The van der Waals surface area contributed by atoms with Gasteiger partial charge in [0.15, 0.2) is 5.84 Å². The van der Waals surface area contributed by atoms with Crippen LogP contribution in [-0.2, 0) is 0 Å². The van der Waals surface area contributed by atoms with Crippen molar-refractivity contribution in [1.29, 1.82) is 0 Å². The van der Waals surface area contributed by atoms with Crippen LogP contribution in [0.2, 0.25) is 0 Å². The third-order valence-corrected chi connectivity index (χ3v) is 4.60. The second-order valence-corrected chi connectivity index (χ2v) is 7.33. The summed E-state index contributed by atoms with van der Waals surface area (Å²) in [4.78, 5) is 12.0. The van der Waals surface area contributed by atoms with Gasteiger partial charge in [0.1, 0.15) is 0 Å². The molecule has 0 spiro atoms. The molecule has 100 valence electrons. The third-order valence-electron chi connectivity index (χ3n) is 2.26. The van der Waals surface area contributed by atoms with Crippen LogP contribution >= 0.6 is 43.2 Å². The molecule has 0 fully saturated rings. The number of thiophene rings is 1. The number of nitrogens with zero attached hydrogens (tertiary/aromatic N) is 1. The van der Waals surface area contributed by atoms with Gasteiger partial charge in [-0.25, -0.2) is 0 Å². The molecule has 0 bridgehead atoms. The van der Waals surface area contributed by atoms with Gasteiger partial charge in [-0.2, -0.15) is 0 Å². The molecule has 1 rings (SSSR count). The Morgan fingerprint density at radius 3 is 2.78 bits per heavy atom. The number of nitrogens with two attached hydrogens (primary N) is 1. The van der Waals surface area contributed by atoms with Gasteiger partial charge in [-0.1, -0.05) is 18.5 Å². The quantitative estimate of drug-likeness (QED) is 0.308. The van der Waals surface area contributed by atoms with Gasteiger partial charge in [0.05, 0.1) is 19.2 Å². The Hall–Kier alpha value is -0.600. The maximum Gasteiger partial charge on any atom is 0.253 e. The minimum absolute atomic E-state index is 0.00983. The maximum atomic E-state index is 12.0. The fourth-order valence-corrected chi connectivity index (χ4v) is 4.18. The number of amidine groups is 1. The summed E-state index contributed by atoms with van der Waals surface area (Å²) >= 11 is 8.04. The Bertz CT molecular complexity index is 462. The SMILES string of the molecule is CCCC(NC(=O)c1cc(Br)sc1Br)/C(N)=N/O. The summed E-state index contributed by atoms with van der Waals surface area (Å²) in [6.45, 7) is 1.96. The smallest absolute Gasteiger partial charge is 0.253 e. The Morgan fingerprint density at radius 2 is 2.33 bits per heavy atom. The predicted octanol–water partition coefficient (Wildman–Crippen LogP) is 2.92. The molecule has 8 heteroatoms. The molecule has 1 heterocycles. The largest absolute Gasteiger partial charge is 0.409 e. The van der Waals surface area contributed by atoms with Crippen LogP contribution in [0.25, 0.3) is 0 Å². The number of oxime groups is 1. The van der Waals surface area contributed by atoms with E-state index in [1.54, 1.807) is 6.07 Å². The Kier molecular flexibility index (Phi) is 6.10. The van der Waals surface area contributed by atoms with Crippen molar-refractivity contribution < 1.29 is 10.0 Å². The van der Waals surface area contributed by atoms with Crippen molar-refractivity contribution in [3.63, 3.8) is 0 Å². The number of halogens is 2. The maximum absolute atomic E-state index is 12.0. The van der Waals surface area contributed by atoms with Crippen LogP contribution in [0.5, 0.6) is 0 Å². The Morgan fingerprint density at radius 1 is 1.67 bits per heavy atom. The van der Waals surface area contributed by atoms with Gasteiger partial charge in [-0.15, -0.1) is 11.3 Å². The zero-order valence-corrected chi connectivity index (χ0v) is 13.6. The van der Waals surface area contributed by atoms with E-state index < -0.39 is 6.04 Å². The van der Waals surface area contributed by atoms with Crippen molar-refractivity contribution in [3.05, 3.63) is 19.2 Å². The second-order valence-electron chi connectivity index (χ2n) is 3.58. The minimum Gasteiger partial charge on any atom is -0.409 e. The number of amides is 1. The molecular formula is C10H13Br2N3O2S. The molecular weight excluding hydrogens is 386 g/mol. The highest BCUT2D eigenvalue weighted by Gasteiger charge is 2.20. The zero-order chi connectivity index (χ0) is 13.7. The lowest BCUT2D eigenvalue weighted by Crippen LogP contribution is -2.44. The molecule has 5 nitrogen and oxygen atoms in total. The normalized spacial score (nSPS) is 13.4. The molecule has 1 atom stereocenters. The van der Waals surface area contributed by atoms with Crippen LogP contribution in [0.3, 0.4) is 0 Å². The summed E-state index contributed by atoms with van der Waals surface area (Å²) in [5.74, 6) is -0.246. The molecule has 1 amide bonds. The number of hydrogen-bond donors (Lipinski definition) is 3. The lowest BCUT2D eigenvalue weighted by atomic mass is 10.1. The van der Waals surface area contributed by atoms with E-state index in [4.69, 9.17) is 10.9 Å². The van der Waals surface area contributed by atoms with E-state index in [1.807, 2.05) is 6.92 Å². The van der Waals surface area contributed by atoms with Crippen LogP contribution in [0.4, 0.5) is 0 Å². The van der Waals surface area contributed by atoms with E-state index in [-0.39, 0.29) is 11.7 Å². The van der Waals surface area contributed by atoms with E-state index >= 15 is 0 Å². The zero-order valence-electron chi connectivity index (χ0n) is 9.61. The van der Waals surface area contributed by atoms with Crippen LogP contribution < -0.4 is 11.1 Å². The number of hydrogen-bond acceptors (Lipinski definition) is 4. The Labute approximate surface area is 126 Å². The summed E-state index contributed by atoms with van der Waals surface area (Å²) < 4.78 is 1.59. The highest BCUT2D eigenvalue weighted by atomic mass is 79.9. The van der Waals surface area contributed by atoms with Crippen molar-refractivity contribution in [1.82, 2.24) is 5.32 Å². The van der Waals surface area contributed by atoms with Crippen molar-refractivity contribution in [3.8, 4) is 0 Å². The first-order valence-electron chi connectivity index (χ1n) is 5.22. The first kappa shape index (κ1) is 15.5. The van der Waals surface area contributed by atoms with E-state index in [0.29, 0.717) is 12.0 Å². The molecule has 0 radical (unpaired) electrons. The van der Waals surface area contributed by atoms with Gasteiger partial charge < -0.3 is 16.3 Å². The molecule has 0 saturated heterocycles. The first-order chi connectivity index (χ1) is 8.49. The van der Waals surface area contributed by atoms with Gasteiger partial charge in [0.2, 0.25) is 0 Å². The molecule has 1 aromatic rings. The summed E-state index contributed by atoms with van der Waals surface area (Å²) in [5, 5.41) is 14.4. The van der Waals surface area contributed by atoms with E-state index in [1.165, 1.54) is 11.3 Å². The van der Waals surface area contributed by atoms with E-state index in [9.17, 15) is 4.79 Å². The monoisotopic (exact) mass is 397 g/mol. The van der Waals surface area contributed by atoms with E-state index in [2.05, 4.69) is 42.3 Å². The minimum atomic E-state index is -0.460. The average molecular weight is 399 g/mol. The summed E-state index contributed by atoms with van der Waals surface area (Å²) in [5.41, 5.74) is 6.07. The van der Waals surface area contributed by atoms with Gasteiger partial charge in [-0.05, 0) is 44.3 Å². The van der Waals surface area contributed by atoms with Gasteiger partial charge in [0.25, 0.3) is 5.91 Å². The number of carbonyl (C=O) groups is 1. The summed E-state index contributed by atoms with van der Waals surface area (Å²) in [7, 11) is 0. The molecule has 0 aliphatic heterocycles. The van der Waals surface area contributed by atoms with Gasteiger partial charge >= 0.3 is 0 Å². The van der Waals surface area contributed by atoms with Crippen LogP contribution in [0.15, 0.2) is 18.8 Å². The van der Waals surface area contributed by atoms with Crippen molar-refractivity contribution in [2.75, 3.05) is 0 Å². The van der Waals surface area contributed by atoms with Crippen LogP contribution in [-0.4, -0.2) is 23.0 Å². The van der Waals surface area contributed by atoms with Crippen molar-refractivity contribution in [2.24, 2.45) is 10.9 Å². The molecule has 4 N–H and O–H groups in total. The fourth-order valence-electron chi connectivity index (χ4n) is 1.38. The standard InChI is InChI=1S/C10H13Br2N3O2S/c1-2-3-6(9(13)15-17)14-10(16)5-4-7(11)18-8(5)12/h4,6,17H,2-3H2,1H3,(H2,13,15)(H,14,16). The lowest BCUT2D eigenvalue weighted by molar-refractivity contribution is 0.0944. The predicted molar refractivity (Wildman–Crippen MR) is 79.3 cm³/mol. The highest BCUT2D eigenvalue weighted by Crippen LogP contribution is 2.31. The molecule has 0 aliphatic carbocycles. The Balaban J connectivity index is 2.81. The second kappa shape index (κ2) is 7.10. The number of nitrogens with one attached hydrogen (secondary N) is 1. The van der Waals surface area contributed by atoms with Crippen molar-refractivity contribution >= 4 is 54.9 Å². The molecule has 1 aromatic heterocycles. The topological polar surface area (TPSA) is 87.7 Å². The molecule has 18 heavy (non-hydrogen) atoms. The van der Waals surface area contributed by atoms with E-state index in [0.717, 1.165) is 14.0 Å². The van der Waals surface area contributed by atoms with Gasteiger partial charge in [0, 0.05) is 0 Å². The van der Waals surface area contributed by atoms with Gasteiger partial charge in [-0.3, -0.25) is 4.79 Å². The summed E-state index contributed by atoms with van der Waals surface area (Å²) in [6, 6.07) is 1.26.